The number of hydrogen-bond donors (Lipinski definition) is 4. The van der Waals surface area contributed by atoms with Crippen LogP contribution in [0.3, 0.4) is 0 Å². The van der Waals surface area contributed by atoms with E-state index in [1.807, 2.05) is 48.5 Å². The monoisotopic (exact) mass is 362 g/mol. The van der Waals surface area contributed by atoms with E-state index in [4.69, 9.17) is 21.6 Å². The molecule has 1 aromatic heterocycles. The fourth-order valence-electron chi connectivity index (χ4n) is 2.89. The Labute approximate surface area is 157 Å². The highest BCUT2D eigenvalue weighted by molar-refractivity contribution is 6.15. The summed E-state index contributed by atoms with van der Waals surface area (Å²) in [6.45, 7) is 0.146. The van der Waals surface area contributed by atoms with Crippen LogP contribution in [0, 0.1) is 5.41 Å². The summed E-state index contributed by atoms with van der Waals surface area (Å²) in [5.74, 6) is 0.869. The molecule has 1 unspecified atom stereocenters. The van der Waals surface area contributed by atoms with Crippen LogP contribution >= 0.6 is 0 Å². The van der Waals surface area contributed by atoms with E-state index in [1.54, 1.807) is 19.4 Å². The van der Waals surface area contributed by atoms with Gasteiger partial charge in [0.2, 0.25) is 0 Å². The number of rotatable bonds is 6. The number of benzene rings is 2. The molecule has 0 radical (unpaired) electrons. The number of aromatic nitrogens is 1. The molecule has 0 aliphatic carbocycles. The highest BCUT2D eigenvalue weighted by Gasteiger charge is 2.15. The Morgan fingerprint density at radius 3 is 2.63 bits per heavy atom. The predicted molar refractivity (Wildman–Crippen MR) is 107 cm³/mol. The number of aliphatic hydroxyl groups is 1. The molecule has 6 N–H and O–H groups in total. The zero-order valence-corrected chi connectivity index (χ0v) is 15.0. The van der Waals surface area contributed by atoms with Crippen LogP contribution in [-0.4, -0.2) is 29.5 Å². The van der Waals surface area contributed by atoms with E-state index in [0.717, 1.165) is 16.7 Å². The van der Waals surface area contributed by atoms with Gasteiger partial charge in [0.1, 0.15) is 11.6 Å². The normalized spacial score (nSPS) is 11.8. The van der Waals surface area contributed by atoms with Gasteiger partial charge in [-0.15, -0.1) is 0 Å². The van der Waals surface area contributed by atoms with E-state index in [2.05, 4.69) is 4.98 Å². The number of nitrogens with one attached hydrogen (secondary N) is 1. The molecule has 1 heterocycles. The second kappa shape index (κ2) is 7.99. The highest BCUT2D eigenvalue weighted by atomic mass is 16.5. The van der Waals surface area contributed by atoms with Crippen LogP contribution in [0.15, 0.2) is 60.8 Å². The molecule has 0 saturated carbocycles. The lowest BCUT2D eigenvalue weighted by molar-refractivity contribution is 0.187. The first-order chi connectivity index (χ1) is 13.0. The lowest BCUT2D eigenvalue weighted by Crippen LogP contribution is -2.11. The summed E-state index contributed by atoms with van der Waals surface area (Å²) in [5, 5.41) is 18.6. The van der Waals surface area contributed by atoms with Gasteiger partial charge in [-0.2, -0.15) is 0 Å². The summed E-state index contributed by atoms with van der Waals surface area (Å²) >= 11 is 0. The van der Waals surface area contributed by atoms with Gasteiger partial charge >= 0.3 is 0 Å². The van der Waals surface area contributed by atoms with Crippen LogP contribution in [0.4, 0.5) is 5.82 Å². The van der Waals surface area contributed by atoms with Crippen molar-refractivity contribution in [2.45, 2.75) is 6.10 Å². The molecule has 6 nitrogen and oxygen atoms in total. The van der Waals surface area contributed by atoms with Gasteiger partial charge in [-0.25, -0.2) is 4.98 Å². The minimum absolute atomic E-state index is 0.146. The van der Waals surface area contributed by atoms with E-state index in [0.29, 0.717) is 16.9 Å². The van der Waals surface area contributed by atoms with Crippen molar-refractivity contribution in [3.8, 4) is 16.9 Å². The Kier molecular flexibility index (Phi) is 5.49. The van der Waals surface area contributed by atoms with Crippen molar-refractivity contribution in [1.29, 1.82) is 5.41 Å². The maximum atomic E-state index is 9.99. The fourth-order valence-corrected chi connectivity index (χ4v) is 2.89. The molecule has 3 rings (SSSR count). The second-order valence-corrected chi connectivity index (χ2v) is 6.11. The van der Waals surface area contributed by atoms with E-state index in [9.17, 15) is 5.11 Å². The minimum Gasteiger partial charge on any atom is -0.496 e. The number of nitrogen functional groups attached to an aromatic ring is 1. The first kappa shape index (κ1) is 18.6. The Morgan fingerprint density at radius 2 is 1.89 bits per heavy atom. The van der Waals surface area contributed by atoms with Gasteiger partial charge in [-0.05, 0) is 35.4 Å². The Bertz CT molecular complexity index is 972. The number of nitrogens with zero attached hydrogens (tertiary/aromatic N) is 1. The lowest BCUT2D eigenvalue weighted by atomic mass is 9.97. The van der Waals surface area contributed by atoms with Gasteiger partial charge in [0, 0.05) is 29.4 Å². The Morgan fingerprint density at radius 1 is 1.11 bits per heavy atom. The van der Waals surface area contributed by atoms with E-state index < -0.39 is 6.10 Å². The summed E-state index contributed by atoms with van der Waals surface area (Å²) in [7, 11) is 1.57. The molecule has 0 fully saturated rings. The molecule has 0 bridgehead atoms. The zero-order chi connectivity index (χ0) is 19.4. The Hall–Kier alpha value is -3.22. The highest BCUT2D eigenvalue weighted by Crippen LogP contribution is 2.28. The summed E-state index contributed by atoms with van der Waals surface area (Å²) in [5.41, 5.74) is 15.4. The summed E-state index contributed by atoms with van der Waals surface area (Å²) < 4.78 is 5.36. The van der Waals surface area contributed by atoms with Crippen LogP contribution in [0.2, 0.25) is 0 Å². The van der Waals surface area contributed by atoms with Crippen molar-refractivity contribution in [3.05, 3.63) is 77.5 Å². The number of anilines is 1. The molecule has 6 heteroatoms. The number of para-hydroxylation sites is 1. The topological polar surface area (TPSA) is 118 Å². The molecule has 1 atom stereocenters. The summed E-state index contributed by atoms with van der Waals surface area (Å²) in [4.78, 5) is 4.26. The summed E-state index contributed by atoms with van der Waals surface area (Å²) in [6, 6.07) is 16.6. The third kappa shape index (κ3) is 3.81. The van der Waals surface area contributed by atoms with E-state index in [-0.39, 0.29) is 18.1 Å². The predicted octanol–water partition coefficient (Wildman–Crippen LogP) is 2.75. The van der Waals surface area contributed by atoms with E-state index in [1.165, 1.54) is 0 Å². The summed E-state index contributed by atoms with van der Waals surface area (Å²) in [6.07, 6.45) is 0.931. The van der Waals surface area contributed by atoms with Crippen molar-refractivity contribution in [2.75, 3.05) is 19.4 Å². The molecule has 27 heavy (non-hydrogen) atoms. The molecule has 138 valence electrons. The van der Waals surface area contributed by atoms with Gasteiger partial charge < -0.3 is 21.3 Å². The van der Waals surface area contributed by atoms with Crippen LogP contribution in [0.1, 0.15) is 22.8 Å². The SMILES string of the molecule is COc1ccccc1C(=N)c1cc(-c2cccc(C(O)CN)c2)cnc1N. The van der Waals surface area contributed by atoms with Crippen LogP contribution < -0.4 is 16.2 Å². The maximum absolute atomic E-state index is 9.99. The number of hydrogen-bond acceptors (Lipinski definition) is 6. The van der Waals surface area contributed by atoms with Gasteiger partial charge in [0.25, 0.3) is 0 Å². The second-order valence-electron chi connectivity index (χ2n) is 6.11. The largest absolute Gasteiger partial charge is 0.496 e. The molecule has 0 aliphatic rings. The van der Waals surface area contributed by atoms with Crippen molar-refractivity contribution in [3.63, 3.8) is 0 Å². The fraction of sp³-hybridized carbons (Fsp3) is 0.143. The number of aliphatic hydroxyl groups excluding tert-OH is 1. The lowest BCUT2D eigenvalue weighted by Gasteiger charge is -2.13. The minimum atomic E-state index is -0.724. The third-order valence-electron chi connectivity index (χ3n) is 4.39. The number of pyridine rings is 1. The molecule has 0 aliphatic heterocycles. The average Bonchev–Trinajstić information content (AvgIpc) is 2.73. The van der Waals surface area contributed by atoms with Crippen LogP contribution in [0.25, 0.3) is 11.1 Å². The van der Waals surface area contributed by atoms with Gasteiger partial charge in [0.15, 0.2) is 0 Å². The number of methoxy groups -OCH3 is 1. The molecule has 0 spiro atoms. The van der Waals surface area contributed by atoms with Crippen molar-refractivity contribution in [1.82, 2.24) is 4.98 Å². The average molecular weight is 362 g/mol. The van der Waals surface area contributed by atoms with Crippen molar-refractivity contribution in [2.24, 2.45) is 5.73 Å². The van der Waals surface area contributed by atoms with Crippen LogP contribution in [0.5, 0.6) is 5.75 Å². The van der Waals surface area contributed by atoms with E-state index >= 15 is 0 Å². The maximum Gasteiger partial charge on any atom is 0.132 e. The van der Waals surface area contributed by atoms with Gasteiger partial charge in [-0.3, -0.25) is 5.41 Å². The smallest absolute Gasteiger partial charge is 0.132 e. The Balaban J connectivity index is 2.04. The number of nitrogens with two attached hydrogens (primary N) is 2. The first-order valence-corrected chi connectivity index (χ1v) is 8.51. The number of ether oxygens (including phenoxy) is 1. The molecule has 0 saturated heterocycles. The molecule has 3 aromatic rings. The quantitative estimate of drug-likeness (QED) is 0.503. The first-order valence-electron chi connectivity index (χ1n) is 8.51. The van der Waals surface area contributed by atoms with Gasteiger partial charge in [0.05, 0.1) is 18.9 Å². The third-order valence-corrected chi connectivity index (χ3v) is 4.39. The van der Waals surface area contributed by atoms with Gasteiger partial charge in [-0.1, -0.05) is 30.3 Å². The van der Waals surface area contributed by atoms with Crippen molar-refractivity contribution < 1.29 is 9.84 Å². The zero-order valence-electron chi connectivity index (χ0n) is 15.0. The molecular formula is C21H22N4O2. The molecule has 0 amide bonds. The standard InChI is InChI=1S/C21H22N4O2/c1-27-19-8-3-2-7-16(19)20(23)17-10-15(12-25-21(17)24)13-5-4-6-14(9-13)18(26)11-22/h2-10,12,18,23,26H,11,22H2,1H3,(H2,24,25). The molecule has 2 aromatic carbocycles. The van der Waals surface area contributed by atoms with Crippen LogP contribution in [-0.2, 0) is 0 Å². The van der Waals surface area contributed by atoms with Crippen molar-refractivity contribution >= 4 is 11.5 Å². The molecular weight excluding hydrogens is 340 g/mol.